The van der Waals surface area contributed by atoms with Crippen molar-refractivity contribution < 1.29 is 34.0 Å². The standard InChI is InChI=1S/C17H31N3O7/c1-16(2,3)19(9-10-25-15(23)26-17(4,5)6)20(24)18-27-13-8-7-12(11-13)14(21)22/h12-13H,7-11H2,1-6H3,(H,21,22)/b20-18+/t12-,13+/m0/s1. The lowest BCUT2D eigenvalue weighted by Gasteiger charge is -2.30. The molecule has 0 heterocycles. The number of carboxylic acid groups (broad SMARTS) is 1. The molecule has 1 saturated carbocycles. The minimum atomic E-state index is -0.865. The van der Waals surface area contributed by atoms with Crippen molar-refractivity contribution in [3.05, 3.63) is 5.21 Å². The number of carboxylic acids is 1. The van der Waals surface area contributed by atoms with Crippen LogP contribution in [-0.2, 0) is 19.1 Å². The molecule has 0 unspecified atom stereocenters. The second-order valence-electron chi connectivity index (χ2n) is 8.52. The van der Waals surface area contributed by atoms with Gasteiger partial charge in [-0.25, -0.2) is 4.79 Å². The summed E-state index contributed by atoms with van der Waals surface area (Å²) in [5, 5.41) is 26.2. The Morgan fingerprint density at radius 2 is 1.85 bits per heavy atom. The third kappa shape index (κ3) is 8.31. The molecule has 27 heavy (non-hydrogen) atoms. The average Bonchev–Trinajstić information content (AvgIpc) is 2.95. The summed E-state index contributed by atoms with van der Waals surface area (Å²) in [7, 11) is 0. The first-order chi connectivity index (χ1) is 12.3. The van der Waals surface area contributed by atoms with Gasteiger partial charge >= 0.3 is 12.1 Å². The zero-order valence-corrected chi connectivity index (χ0v) is 16.9. The quantitative estimate of drug-likeness (QED) is 0.305. The van der Waals surface area contributed by atoms with Gasteiger partial charge in [-0.05, 0) is 54.4 Å². The monoisotopic (exact) mass is 389 g/mol. The summed E-state index contributed by atoms with van der Waals surface area (Å²) in [4.78, 5) is 28.1. The molecule has 10 nitrogen and oxygen atoms in total. The van der Waals surface area contributed by atoms with Gasteiger partial charge in [0.15, 0.2) is 0 Å². The summed E-state index contributed by atoms with van der Waals surface area (Å²) in [6, 6.07) is 0. The minimum Gasteiger partial charge on any atom is -0.569 e. The Labute approximate surface area is 159 Å². The van der Waals surface area contributed by atoms with Gasteiger partial charge in [-0.15, -0.1) is 5.01 Å². The molecule has 0 aromatic heterocycles. The van der Waals surface area contributed by atoms with E-state index < -0.39 is 35.3 Å². The number of ether oxygens (including phenoxy) is 2. The van der Waals surface area contributed by atoms with E-state index in [9.17, 15) is 14.8 Å². The predicted octanol–water partition coefficient (Wildman–Crippen LogP) is 3.10. The summed E-state index contributed by atoms with van der Waals surface area (Å²) in [5.74, 6) is -1.33. The lowest BCUT2D eigenvalue weighted by Crippen LogP contribution is -2.47. The smallest absolute Gasteiger partial charge is 0.508 e. The van der Waals surface area contributed by atoms with Gasteiger partial charge in [-0.2, -0.15) is 0 Å². The molecule has 1 N–H and O–H groups in total. The lowest BCUT2D eigenvalue weighted by molar-refractivity contribution is -0.726. The van der Waals surface area contributed by atoms with Gasteiger partial charge in [-0.3, -0.25) is 4.79 Å². The Balaban J connectivity index is 2.58. The van der Waals surface area contributed by atoms with E-state index in [-0.39, 0.29) is 13.2 Å². The van der Waals surface area contributed by atoms with Crippen molar-refractivity contribution in [2.75, 3.05) is 13.2 Å². The van der Waals surface area contributed by atoms with Crippen LogP contribution in [0.4, 0.5) is 4.79 Å². The zero-order chi connectivity index (χ0) is 20.8. The molecule has 156 valence electrons. The fourth-order valence-corrected chi connectivity index (χ4v) is 2.58. The topological polar surface area (TPSA) is 124 Å². The second kappa shape index (κ2) is 9.09. The van der Waals surface area contributed by atoms with Crippen LogP contribution < -0.4 is 0 Å². The zero-order valence-electron chi connectivity index (χ0n) is 16.9. The molecule has 10 heteroatoms. The number of nitrogens with zero attached hydrogens (tertiary/aromatic N) is 3. The van der Waals surface area contributed by atoms with Crippen molar-refractivity contribution >= 4 is 12.1 Å². The van der Waals surface area contributed by atoms with Crippen LogP contribution in [0.5, 0.6) is 0 Å². The predicted molar refractivity (Wildman–Crippen MR) is 94.6 cm³/mol. The third-order valence-corrected chi connectivity index (χ3v) is 3.89. The normalized spacial score (nSPS) is 20.9. The van der Waals surface area contributed by atoms with E-state index in [1.165, 1.54) is 5.01 Å². The number of aliphatic carboxylic acids is 1. The molecule has 0 aliphatic heterocycles. The van der Waals surface area contributed by atoms with Gasteiger partial charge in [0, 0.05) is 6.42 Å². The molecule has 0 radical (unpaired) electrons. The molecule has 0 saturated heterocycles. The van der Waals surface area contributed by atoms with E-state index in [1.54, 1.807) is 41.5 Å². The van der Waals surface area contributed by atoms with Crippen LogP contribution >= 0.6 is 0 Å². The van der Waals surface area contributed by atoms with E-state index in [1.807, 2.05) is 0 Å². The van der Waals surface area contributed by atoms with Crippen molar-refractivity contribution in [2.45, 2.75) is 78.0 Å². The van der Waals surface area contributed by atoms with Crippen LogP contribution in [0.3, 0.4) is 0 Å². The van der Waals surface area contributed by atoms with Crippen LogP contribution in [-0.4, -0.2) is 57.6 Å². The Hall–Kier alpha value is -2.26. The Morgan fingerprint density at radius 1 is 1.22 bits per heavy atom. The molecular weight excluding hydrogens is 358 g/mol. The molecule has 1 rings (SSSR count). The minimum absolute atomic E-state index is 0.0645. The van der Waals surface area contributed by atoms with Gasteiger partial charge in [0.05, 0.1) is 16.4 Å². The maximum absolute atomic E-state index is 12.3. The average molecular weight is 389 g/mol. The summed E-state index contributed by atoms with van der Waals surface area (Å²) >= 11 is 0. The van der Waals surface area contributed by atoms with Crippen LogP contribution in [0.15, 0.2) is 5.28 Å². The Kier molecular flexibility index (Phi) is 7.67. The highest BCUT2D eigenvalue weighted by atomic mass is 16.7. The van der Waals surface area contributed by atoms with Gasteiger partial charge in [-0.1, -0.05) is 0 Å². The molecule has 0 amide bonds. The van der Waals surface area contributed by atoms with E-state index >= 15 is 0 Å². The highest BCUT2D eigenvalue weighted by molar-refractivity contribution is 5.70. The van der Waals surface area contributed by atoms with Crippen molar-refractivity contribution in [2.24, 2.45) is 11.2 Å². The highest BCUT2D eigenvalue weighted by Gasteiger charge is 2.33. The van der Waals surface area contributed by atoms with Crippen molar-refractivity contribution in [1.29, 1.82) is 0 Å². The number of rotatable bonds is 7. The number of hydrogen-bond acceptors (Lipinski definition) is 7. The van der Waals surface area contributed by atoms with Crippen molar-refractivity contribution in [3.63, 3.8) is 0 Å². The molecule has 1 aliphatic carbocycles. The summed E-state index contributed by atoms with van der Waals surface area (Å²) in [5.41, 5.74) is -1.27. The van der Waals surface area contributed by atoms with E-state index in [4.69, 9.17) is 19.4 Å². The molecule has 0 spiro atoms. The van der Waals surface area contributed by atoms with Gasteiger partial charge in [0.25, 0.3) is 0 Å². The van der Waals surface area contributed by atoms with E-state index in [2.05, 4.69) is 5.28 Å². The van der Waals surface area contributed by atoms with E-state index in [0.29, 0.717) is 24.2 Å². The summed E-state index contributed by atoms with van der Waals surface area (Å²) < 4.78 is 10.0. The van der Waals surface area contributed by atoms with Gasteiger partial charge in [0.1, 0.15) is 24.9 Å². The largest absolute Gasteiger partial charge is 0.569 e. The number of hydrazine groups is 1. The van der Waals surface area contributed by atoms with Gasteiger partial charge in [0.2, 0.25) is 5.28 Å². The Bertz CT molecular complexity index is 552. The first-order valence-corrected chi connectivity index (χ1v) is 9.00. The second-order valence-corrected chi connectivity index (χ2v) is 8.52. The number of carbonyl (C=O) groups is 2. The molecule has 2 atom stereocenters. The van der Waals surface area contributed by atoms with Crippen molar-refractivity contribution in [1.82, 2.24) is 5.01 Å². The Morgan fingerprint density at radius 3 is 2.33 bits per heavy atom. The first-order valence-electron chi connectivity index (χ1n) is 9.00. The molecule has 1 aliphatic rings. The number of carbonyl (C=O) groups excluding carboxylic acids is 1. The van der Waals surface area contributed by atoms with Crippen LogP contribution in [0.2, 0.25) is 0 Å². The summed E-state index contributed by atoms with van der Waals surface area (Å²) in [6.45, 7) is 10.6. The third-order valence-electron chi connectivity index (χ3n) is 3.89. The highest BCUT2D eigenvalue weighted by Crippen LogP contribution is 2.28. The molecule has 1 fully saturated rings. The molecule has 0 aromatic carbocycles. The van der Waals surface area contributed by atoms with E-state index in [0.717, 1.165) is 0 Å². The fourth-order valence-electron chi connectivity index (χ4n) is 2.58. The van der Waals surface area contributed by atoms with Crippen LogP contribution in [0.25, 0.3) is 0 Å². The van der Waals surface area contributed by atoms with Gasteiger partial charge < -0.3 is 24.6 Å². The lowest BCUT2D eigenvalue weighted by atomic mass is 10.1. The maximum Gasteiger partial charge on any atom is 0.508 e. The van der Waals surface area contributed by atoms with Crippen molar-refractivity contribution in [3.8, 4) is 0 Å². The van der Waals surface area contributed by atoms with Crippen LogP contribution in [0.1, 0.15) is 60.8 Å². The molecule has 0 aromatic rings. The first kappa shape index (κ1) is 22.8. The number of hydrogen-bond donors (Lipinski definition) is 1. The maximum atomic E-state index is 12.3. The van der Waals surface area contributed by atoms with Crippen LogP contribution in [0, 0.1) is 11.1 Å². The molecule has 0 bridgehead atoms. The summed E-state index contributed by atoms with van der Waals surface area (Å²) in [6.07, 6.45) is 0.145. The SMILES string of the molecule is CC(C)(C)OC(=O)OCCN(/[N+]([O-])=N\O[C@@H]1CC[C@H](C(=O)O)C1)C(C)(C)C. The fraction of sp³-hybridized carbons (Fsp3) is 0.882. The molecular formula is C17H31N3O7.